The number of ether oxygens (including phenoxy) is 1. The van der Waals surface area contributed by atoms with Crippen LogP contribution < -0.4 is 9.46 Å². The number of carbonyl (C=O) groups is 1. The summed E-state index contributed by atoms with van der Waals surface area (Å²) in [6, 6.07) is 16.7. The number of hydrogen-bond acceptors (Lipinski definition) is 4. The molecule has 168 valence electrons. The fraction of sp³-hybridized carbons (Fsp3) is 0.136. The summed E-state index contributed by atoms with van der Waals surface area (Å²) in [5.41, 5.74) is 0.0362. The number of carboxylic acids is 1. The van der Waals surface area contributed by atoms with E-state index >= 15 is 0 Å². The van der Waals surface area contributed by atoms with Crippen molar-refractivity contribution in [2.24, 2.45) is 0 Å². The molecular weight excluding hydrogens is 447 g/mol. The molecular formula is C22H18F3NO5S. The number of halogens is 3. The third kappa shape index (κ3) is 5.86. The van der Waals surface area contributed by atoms with Crippen LogP contribution in [0.3, 0.4) is 0 Å². The van der Waals surface area contributed by atoms with E-state index in [0.717, 1.165) is 23.8 Å². The monoisotopic (exact) mass is 465 g/mol. The van der Waals surface area contributed by atoms with Gasteiger partial charge in [0.15, 0.2) is 6.61 Å². The molecule has 0 aromatic heterocycles. The van der Waals surface area contributed by atoms with Crippen LogP contribution in [0, 0.1) is 0 Å². The van der Waals surface area contributed by atoms with Crippen molar-refractivity contribution in [3.8, 4) is 16.9 Å². The fourth-order valence-corrected chi connectivity index (χ4v) is 3.89. The van der Waals surface area contributed by atoms with Gasteiger partial charge >= 0.3 is 12.1 Å². The largest absolute Gasteiger partial charge is 0.481 e. The lowest BCUT2D eigenvalue weighted by Gasteiger charge is -2.14. The van der Waals surface area contributed by atoms with Gasteiger partial charge in [-0.15, -0.1) is 0 Å². The number of hydrogen-bond donors (Lipinski definition) is 2. The van der Waals surface area contributed by atoms with Crippen LogP contribution >= 0.6 is 0 Å². The summed E-state index contributed by atoms with van der Waals surface area (Å²) < 4.78 is 72.1. The Morgan fingerprint density at radius 1 is 0.969 bits per heavy atom. The summed E-state index contributed by atoms with van der Waals surface area (Å²) in [7, 11) is -3.86. The van der Waals surface area contributed by atoms with Crippen LogP contribution in [-0.2, 0) is 27.5 Å². The Kier molecular flexibility index (Phi) is 6.85. The topological polar surface area (TPSA) is 92.7 Å². The molecule has 0 heterocycles. The molecule has 3 rings (SSSR count). The Labute approximate surface area is 182 Å². The summed E-state index contributed by atoms with van der Waals surface area (Å²) in [6.45, 7) is -0.667. The van der Waals surface area contributed by atoms with Gasteiger partial charge < -0.3 is 9.84 Å². The molecule has 0 atom stereocenters. The molecule has 0 fully saturated rings. The molecule has 0 aliphatic heterocycles. The lowest BCUT2D eigenvalue weighted by atomic mass is 10.0. The Morgan fingerprint density at radius 2 is 1.62 bits per heavy atom. The molecule has 10 heteroatoms. The van der Waals surface area contributed by atoms with Crippen molar-refractivity contribution < 1.29 is 36.2 Å². The number of carboxylic acid groups (broad SMARTS) is 1. The van der Waals surface area contributed by atoms with Crippen LogP contribution in [0.5, 0.6) is 5.75 Å². The predicted molar refractivity (Wildman–Crippen MR) is 110 cm³/mol. The fourth-order valence-electron chi connectivity index (χ4n) is 2.87. The van der Waals surface area contributed by atoms with Crippen molar-refractivity contribution in [1.82, 2.24) is 4.72 Å². The second-order valence-electron chi connectivity index (χ2n) is 6.73. The molecule has 3 aromatic carbocycles. The summed E-state index contributed by atoms with van der Waals surface area (Å²) in [5, 5.41) is 8.80. The van der Waals surface area contributed by atoms with E-state index in [1.807, 2.05) is 0 Å². The van der Waals surface area contributed by atoms with Crippen molar-refractivity contribution in [3.05, 3.63) is 83.9 Å². The van der Waals surface area contributed by atoms with Gasteiger partial charge in [-0.25, -0.2) is 17.9 Å². The zero-order chi connectivity index (χ0) is 23.4. The van der Waals surface area contributed by atoms with Crippen molar-refractivity contribution in [1.29, 1.82) is 0 Å². The smallest absolute Gasteiger partial charge is 0.416 e. The number of aliphatic carboxylic acids is 1. The highest BCUT2D eigenvalue weighted by molar-refractivity contribution is 7.89. The van der Waals surface area contributed by atoms with Gasteiger partial charge in [0.2, 0.25) is 10.0 Å². The maximum atomic E-state index is 13.2. The van der Waals surface area contributed by atoms with Crippen LogP contribution in [0.25, 0.3) is 11.1 Å². The summed E-state index contributed by atoms with van der Waals surface area (Å²) >= 11 is 0. The third-order valence-corrected chi connectivity index (χ3v) is 5.86. The number of rotatable bonds is 8. The number of nitrogens with one attached hydrogen (secondary N) is 1. The highest BCUT2D eigenvalue weighted by atomic mass is 32.2. The molecule has 0 saturated carbocycles. The molecule has 0 aliphatic rings. The molecule has 0 spiro atoms. The first-order chi connectivity index (χ1) is 15.1. The minimum Gasteiger partial charge on any atom is -0.481 e. The molecule has 0 amide bonds. The van der Waals surface area contributed by atoms with E-state index in [4.69, 9.17) is 9.84 Å². The van der Waals surface area contributed by atoms with E-state index in [9.17, 15) is 26.4 Å². The average Bonchev–Trinajstić information content (AvgIpc) is 2.76. The third-order valence-electron chi connectivity index (χ3n) is 4.44. The zero-order valence-electron chi connectivity index (χ0n) is 16.5. The van der Waals surface area contributed by atoms with Crippen LogP contribution in [-0.4, -0.2) is 26.1 Å². The lowest BCUT2D eigenvalue weighted by Crippen LogP contribution is -2.23. The first-order valence-corrected chi connectivity index (χ1v) is 10.7. The van der Waals surface area contributed by atoms with Crippen molar-refractivity contribution >= 4 is 16.0 Å². The van der Waals surface area contributed by atoms with Gasteiger partial charge in [0.05, 0.1) is 10.5 Å². The lowest BCUT2D eigenvalue weighted by molar-refractivity contribution is -0.140. The first kappa shape index (κ1) is 23.3. The molecule has 2 N–H and O–H groups in total. The van der Waals surface area contributed by atoms with E-state index in [0.29, 0.717) is 0 Å². The SMILES string of the molecule is O=C(O)COc1ccc(C(F)(F)F)cc1-c1ccc(S(=O)(=O)NCc2ccccc2)cc1. The summed E-state index contributed by atoms with van der Waals surface area (Å²) in [4.78, 5) is 10.7. The summed E-state index contributed by atoms with van der Waals surface area (Å²) in [5.74, 6) is -1.36. The van der Waals surface area contributed by atoms with E-state index in [1.54, 1.807) is 30.3 Å². The summed E-state index contributed by atoms with van der Waals surface area (Å²) in [6.07, 6.45) is -4.62. The van der Waals surface area contributed by atoms with Crippen molar-refractivity contribution in [3.63, 3.8) is 0 Å². The molecule has 32 heavy (non-hydrogen) atoms. The second kappa shape index (κ2) is 9.41. The highest BCUT2D eigenvalue weighted by Gasteiger charge is 2.31. The number of sulfonamides is 1. The first-order valence-electron chi connectivity index (χ1n) is 9.26. The van der Waals surface area contributed by atoms with Gasteiger partial charge in [0.25, 0.3) is 0 Å². The van der Waals surface area contributed by atoms with Gasteiger partial charge in [-0.2, -0.15) is 13.2 Å². The van der Waals surface area contributed by atoms with Gasteiger partial charge in [0.1, 0.15) is 5.75 Å². The Hall–Kier alpha value is -3.37. The van der Waals surface area contributed by atoms with Crippen molar-refractivity contribution in [2.45, 2.75) is 17.6 Å². The number of benzene rings is 3. The normalized spacial score (nSPS) is 11.8. The molecule has 0 radical (unpaired) electrons. The van der Waals surface area contributed by atoms with Gasteiger partial charge in [-0.05, 0) is 41.5 Å². The Morgan fingerprint density at radius 3 is 2.22 bits per heavy atom. The predicted octanol–water partition coefficient (Wildman–Crippen LogP) is 4.31. The minimum atomic E-state index is -4.62. The molecule has 0 saturated heterocycles. The van der Waals surface area contributed by atoms with Crippen LogP contribution in [0.1, 0.15) is 11.1 Å². The Balaban J connectivity index is 1.88. The molecule has 3 aromatic rings. The van der Waals surface area contributed by atoms with E-state index in [1.165, 1.54) is 24.3 Å². The Bertz CT molecular complexity index is 1190. The van der Waals surface area contributed by atoms with E-state index in [2.05, 4.69) is 4.72 Å². The second-order valence-corrected chi connectivity index (χ2v) is 8.49. The van der Waals surface area contributed by atoms with Gasteiger partial charge in [-0.1, -0.05) is 42.5 Å². The van der Waals surface area contributed by atoms with Crippen LogP contribution in [0.2, 0.25) is 0 Å². The van der Waals surface area contributed by atoms with Crippen molar-refractivity contribution in [2.75, 3.05) is 6.61 Å². The highest BCUT2D eigenvalue weighted by Crippen LogP contribution is 2.37. The van der Waals surface area contributed by atoms with Gasteiger partial charge in [-0.3, -0.25) is 0 Å². The number of alkyl halides is 3. The standard InChI is InChI=1S/C22H18F3NO5S/c23-22(24,25)17-8-11-20(31-14-21(27)28)19(12-17)16-6-9-18(10-7-16)32(29,30)26-13-15-4-2-1-3-5-15/h1-12,26H,13-14H2,(H,27,28). The maximum absolute atomic E-state index is 13.2. The van der Waals surface area contributed by atoms with E-state index in [-0.39, 0.29) is 28.3 Å². The minimum absolute atomic E-state index is 0.0118. The van der Waals surface area contributed by atoms with Crippen LogP contribution in [0.4, 0.5) is 13.2 Å². The molecule has 0 bridgehead atoms. The average molecular weight is 465 g/mol. The van der Waals surface area contributed by atoms with Crippen LogP contribution in [0.15, 0.2) is 77.7 Å². The zero-order valence-corrected chi connectivity index (χ0v) is 17.3. The molecule has 0 aliphatic carbocycles. The van der Waals surface area contributed by atoms with E-state index < -0.39 is 34.3 Å². The van der Waals surface area contributed by atoms with Gasteiger partial charge in [0, 0.05) is 12.1 Å². The maximum Gasteiger partial charge on any atom is 0.416 e. The molecule has 6 nitrogen and oxygen atoms in total. The quantitative estimate of drug-likeness (QED) is 0.517. The molecule has 0 unspecified atom stereocenters.